The lowest BCUT2D eigenvalue weighted by Gasteiger charge is -2.48. The van der Waals surface area contributed by atoms with E-state index in [0.717, 1.165) is 23.9 Å². The summed E-state index contributed by atoms with van der Waals surface area (Å²) in [5.41, 5.74) is 2.99. The Bertz CT molecular complexity index is 774. The molecule has 0 saturated heterocycles. The number of nitrogens with zero attached hydrogens (tertiary/aromatic N) is 1. The van der Waals surface area contributed by atoms with Crippen LogP contribution in [0, 0.1) is 5.92 Å². The molecule has 168 valence electrons. The second-order valence-corrected chi connectivity index (χ2v) is 9.51. The van der Waals surface area contributed by atoms with Gasteiger partial charge in [-0.1, -0.05) is 67.1 Å². The summed E-state index contributed by atoms with van der Waals surface area (Å²) in [6.45, 7) is 8.36. The number of aryl methyl sites for hydroxylation is 1. The number of hydrogen-bond donors (Lipinski definition) is 1. The van der Waals surface area contributed by atoms with Crippen LogP contribution in [0.15, 0.2) is 67.3 Å². The molecule has 2 saturated carbocycles. The Balaban J connectivity index is 0.000000287. The first kappa shape index (κ1) is 24.0. The summed E-state index contributed by atoms with van der Waals surface area (Å²) < 4.78 is 0. The van der Waals surface area contributed by atoms with Crippen LogP contribution in [0.1, 0.15) is 56.6 Å². The fourth-order valence-corrected chi connectivity index (χ4v) is 4.96. The molecule has 0 aromatic heterocycles. The Morgan fingerprint density at radius 3 is 2.16 bits per heavy atom. The number of benzene rings is 2. The minimum atomic E-state index is 0.148. The van der Waals surface area contributed by atoms with Crippen molar-refractivity contribution in [3.63, 3.8) is 0 Å². The van der Waals surface area contributed by atoms with Crippen molar-refractivity contribution in [1.82, 2.24) is 10.2 Å². The first-order valence-electron chi connectivity index (χ1n) is 11.9. The fraction of sp³-hybridized carbons (Fsp3) is 0.500. The van der Waals surface area contributed by atoms with Crippen LogP contribution in [0.4, 0.5) is 0 Å². The van der Waals surface area contributed by atoms with E-state index in [0.29, 0.717) is 6.04 Å². The van der Waals surface area contributed by atoms with Gasteiger partial charge in [0, 0.05) is 29.7 Å². The summed E-state index contributed by atoms with van der Waals surface area (Å²) in [6.07, 6.45) is 10.9. The van der Waals surface area contributed by atoms with Crippen molar-refractivity contribution in [1.29, 1.82) is 0 Å². The van der Waals surface area contributed by atoms with E-state index in [4.69, 9.17) is 11.6 Å². The first-order chi connectivity index (χ1) is 15.1. The maximum atomic E-state index is 6.14. The van der Waals surface area contributed by atoms with Crippen molar-refractivity contribution in [2.45, 2.75) is 63.5 Å². The van der Waals surface area contributed by atoms with Crippen molar-refractivity contribution in [3.05, 3.63) is 83.4 Å². The van der Waals surface area contributed by atoms with Gasteiger partial charge in [0.2, 0.25) is 0 Å². The molecule has 2 fully saturated rings. The topological polar surface area (TPSA) is 15.3 Å². The summed E-state index contributed by atoms with van der Waals surface area (Å²) in [4.78, 5) is 2.70. The third-order valence-electron chi connectivity index (χ3n) is 6.98. The predicted molar refractivity (Wildman–Crippen MR) is 135 cm³/mol. The van der Waals surface area contributed by atoms with Crippen LogP contribution in [0.25, 0.3) is 0 Å². The van der Waals surface area contributed by atoms with Crippen molar-refractivity contribution in [2.24, 2.45) is 5.92 Å². The maximum Gasteiger partial charge on any atom is 0.0465 e. The summed E-state index contributed by atoms with van der Waals surface area (Å²) >= 11 is 6.14. The van der Waals surface area contributed by atoms with E-state index in [1.807, 2.05) is 18.2 Å². The Hall–Kier alpha value is -1.61. The quantitative estimate of drug-likeness (QED) is 0.453. The first-order valence-corrected chi connectivity index (χ1v) is 12.3. The van der Waals surface area contributed by atoms with Crippen LogP contribution >= 0.6 is 11.6 Å². The van der Waals surface area contributed by atoms with Gasteiger partial charge in [0.1, 0.15) is 0 Å². The molecule has 0 heterocycles. The lowest BCUT2D eigenvalue weighted by molar-refractivity contribution is 0.0451. The van der Waals surface area contributed by atoms with Crippen molar-refractivity contribution >= 4 is 11.6 Å². The second-order valence-electron chi connectivity index (χ2n) is 9.08. The SMILES string of the molecule is C=CCN(CC1CC1)C1(c2ccc(Cl)cc2)CCC(NC)CC1.CCc1ccccc1. The van der Waals surface area contributed by atoms with Gasteiger partial charge in [-0.25, -0.2) is 0 Å². The van der Waals surface area contributed by atoms with Gasteiger partial charge in [0.25, 0.3) is 0 Å². The molecule has 4 rings (SSSR count). The van der Waals surface area contributed by atoms with Crippen LogP contribution in [0.3, 0.4) is 0 Å². The van der Waals surface area contributed by atoms with Crippen LogP contribution in [-0.2, 0) is 12.0 Å². The lowest BCUT2D eigenvalue weighted by Crippen LogP contribution is -2.51. The van der Waals surface area contributed by atoms with Gasteiger partial charge in [-0.2, -0.15) is 0 Å². The highest BCUT2D eigenvalue weighted by Gasteiger charge is 2.42. The molecule has 0 aliphatic heterocycles. The van der Waals surface area contributed by atoms with E-state index in [-0.39, 0.29) is 5.54 Å². The minimum absolute atomic E-state index is 0.148. The zero-order chi connectivity index (χ0) is 22.1. The maximum absolute atomic E-state index is 6.14. The van der Waals surface area contributed by atoms with Crippen LogP contribution in [-0.4, -0.2) is 31.1 Å². The van der Waals surface area contributed by atoms with Gasteiger partial charge in [-0.15, -0.1) is 6.58 Å². The third-order valence-corrected chi connectivity index (χ3v) is 7.24. The van der Waals surface area contributed by atoms with Gasteiger partial charge in [-0.3, -0.25) is 4.90 Å². The molecular formula is C28H39ClN2. The Morgan fingerprint density at radius 1 is 1.03 bits per heavy atom. The lowest BCUT2D eigenvalue weighted by atomic mass is 9.73. The Morgan fingerprint density at radius 2 is 1.68 bits per heavy atom. The van der Waals surface area contributed by atoms with E-state index in [9.17, 15) is 0 Å². The van der Waals surface area contributed by atoms with Gasteiger partial charge in [-0.05, 0) is 81.2 Å². The molecule has 0 unspecified atom stereocenters. The van der Waals surface area contributed by atoms with Gasteiger partial charge in [0.15, 0.2) is 0 Å². The van der Waals surface area contributed by atoms with Gasteiger partial charge < -0.3 is 5.32 Å². The molecule has 2 aromatic rings. The molecule has 2 aliphatic carbocycles. The molecular weight excluding hydrogens is 400 g/mol. The zero-order valence-electron chi connectivity index (χ0n) is 19.3. The Kier molecular flexibility index (Phi) is 9.19. The van der Waals surface area contributed by atoms with Crippen LogP contribution in [0.2, 0.25) is 5.02 Å². The molecule has 0 atom stereocenters. The molecule has 0 radical (unpaired) electrons. The molecule has 1 N–H and O–H groups in total. The van der Waals surface area contributed by atoms with Crippen LogP contribution in [0.5, 0.6) is 0 Å². The van der Waals surface area contributed by atoms with Crippen molar-refractivity contribution < 1.29 is 0 Å². The highest BCUT2D eigenvalue weighted by Crippen LogP contribution is 2.44. The normalized spacial score (nSPS) is 23.2. The van der Waals surface area contributed by atoms with E-state index in [2.05, 4.69) is 73.2 Å². The number of nitrogens with one attached hydrogen (secondary N) is 1. The molecule has 0 amide bonds. The number of rotatable bonds is 8. The minimum Gasteiger partial charge on any atom is -0.317 e. The van der Waals surface area contributed by atoms with Crippen LogP contribution < -0.4 is 5.32 Å². The highest BCUT2D eigenvalue weighted by molar-refractivity contribution is 6.30. The molecule has 0 spiro atoms. The van der Waals surface area contributed by atoms with Crippen molar-refractivity contribution in [3.8, 4) is 0 Å². The van der Waals surface area contributed by atoms with E-state index < -0.39 is 0 Å². The molecule has 2 aromatic carbocycles. The number of hydrogen-bond acceptors (Lipinski definition) is 2. The zero-order valence-corrected chi connectivity index (χ0v) is 20.1. The fourth-order valence-electron chi connectivity index (χ4n) is 4.84. The third kappa shape index (κ3) is 6.68. The Labute approximate surface area is 194 Å². The van der Waals surface area contributed by atoms with Gasteiger partial charge >= 0.3 is 0 Å². The highest BCUT2D eigenvalue weighted by atomic mass is 35.5. The molecule has 0 bridgehead atoms. The largest absolute Gasteiger partial charge is 0.317 e. The molecule has 3 heteroatoms. The van der Waals surface area contributed by atoms with E-state index >= 15 is 0 Å². The molecule has 2 aliphatic rings. The average Bonchev–Trinajstić information content (AvgIpc) is 3.64. The van der Waals surface area contributed by atoms with Gasteiger partial charge in [0.05, 0.1) is 0 Å². The summed E-state index contributed by atoms with van der Waals surface area (Å²) in [7, 11) is 2.09. The molecule has 31 heavy (non-hydrogen) atoms. The second kappa shape index (κ2) is 11.9. The average molecular weight is 439 g/mol. The van der Waals surface area contributed by atoms with E-state index in [1.54, 1.807) is 0 Å². The van der Waals surface area contributed by atoms with Crippen molar-refractivity contribution in [2.75, 3.05) is 20.1 Å². The monoisotopic (exact) mass is 438 g/mol. The molecule has 2 nitrogen and oxygen atoms in total. The summed E-state index contributed by atoms with van der Waals surface area (Å²) in [5.74, 6) is 0.890. The smallest absolute Gasteiger partial charge is 0.0465 e. The number of halogens is 1. The summed E-state index contributed by atoms with van der Waals surface area (Å²) in [6, 6.07) is 19.7. The predicted octanol–water partition coefficient (Wildman–Crippen LogP) is 6.84. The summed E-state index contributed by atoms with van der Waals surface area (Å²) in [5, 5.41) is 4.29. The van der Waals surface area contributed by atoms with E-state index in [1.165, 1.54) is 56.2 Å². The standard InChI is InChI=1S/C20H29ClN2.C8H10/c1-3-14-23(15-16-4-5-16)20(12-10-19(22-2)11-13-20)17-6-8-18(21)9-7-17;1-2-8-6-4-3-5-7-8/h3,6-9,16,19,22H,1,4-5,10-15H2,2H3;3-7H,2H2,1H3.